The molecule has 3 saturated heterocycles. The zero-order valence-electron chi connectivity index (χ0n) is 18.9. The number of phenols is 1. The van der Waals surface area contributed by atoms with Crippen LogP contribution in [0.3, 0.4) is 0 Å². The molecule has 0 saturated carbocycles. The number of nitrogens with one attached hydrogen (secondary N) is 1. The van der Waals surface area contributed by atoms with Gasteiger partial charge in [0, 0.05) is 49.4 Å². The normalized spacial score (nSPS) is 30.9. The maximum absolute atomic E-state index is 10.2. The van der Waals surface area contributed by atoms with Crippen LogP contribution in [0.15, 0.2) is 30.3 Å². The van der Waals surface area contributed by atoms with Gasteiger partial charge in [-0.15, -0.1) is 10.2 Å². The van der Waals surface area contributed by atoms with E-state index in [-0.39, 0.29) is 11.3 Å². The second-order valence-electron chi connectivity index (χ2n) is 10.2. The van der Waals surface area contributed by atoms with E-state index in [0.717, 1.165) is 44.8 Å². The van der Waals surface area contributed by atoms with E-state index in [1.54, 1.807) is 12.1 Å². The fourth-order valence-electron chi connectivity index (χ4n) is 5.92. The van der Waals surface area contributed by atoms with Gasteiger partial charge in [-0.1, -0.05) is 12.1 Å². The summed E-state index contributed by atoms with van der Waals surface area (Å²) >= 11 is 0. The van der Waals surface area contributed by atoms with E-state index in [4.69, 9.17) is 11.5 Å². The number of hydrogen-bond donors (Lipinski definition) is 4. The third-order valence-corrected chi connectivity index (χ3v) is 7.44. The number of rotatable bonds is 4. The second kappa shape index (κ2) is 8.50. The van der Waals surface area contributed by atoms with Crippen LogP contribution in [0, 0.1) is 5.92 Å². The molecule has 5 rings (SSSR count). The molecule has 2 aromatic rings. The highest BCUT2D eigenvalue weighted by Gasteiger charge is 2.42. The molecule has 4 unspecified atom stereocenters. The van der Waals surface area contributed by atoms with Gasteiger partial charge in [0.2, 0.25) is 0 Å². The van der Waals surface area contributed by atoms with E-state index >= 15 is 0 Å². The van der Waals surface area contributed by atoms with Crippen molar-refractivity contribution in [1.29, 1.82) is 0 Å². The first-order chi connectivity index (χ1) is 15.4. The van der Waals surface area contributed by atoms with Crippen LogP contribution in [-0.2, 0) is 0 Å². The first-order valence-electron chi connectivity index (χ1n) is 11.8. The van der Waals surface area contributed by atoms with Crippen molar-refractivity contribution >= 4 is 11.5 Å². The zero-order chi connectivity index (χ0) is 22.3. The Hall–Kier alpha value is -2.42. The molecule has 2 bridgehead atoms. The molecule has 0 radical (unpaired) electrons. The number of para-hydroxylation sites is 1. The van der Waals surface area contributed by atoms with Crippen LogP contribution < -0.4 is 21.7 Å². The Kier molecular flexibility index (Phi) is 5.69. The number of benzene rings is 1. The largest absolute Gasteiger partial charge is 0.507 e. The van der Waals surface area contributed by atoms with E-state index in [1.807, 2.05) is 18.2 Å². The number of piperazine rings is 1. The van der Waals surface area contributed by atoms with Gasteiger partial charge in [0.1, 0.15) is 5.75 Å². The first-order valence-corrected chi connectivity index (χ1v) is 11.8. The summed E-state index contributed by atoms with van der Waals surface area (Å²) in [5.74, 6) is 1.29. The third-order valence-electron chi connectivity index (χ3n) is 7.44. The molecule has 0 amide bonds. The van der Waals surface area contributed by atoms with Crippen molar-refractivity contribution in [2.45, 2.75) is 50.2 Å². The lowest BCUT2D eigenvalue weighted by molar-refractivity contribution is 0.132. The molecule has 172 valence electrons. The molecular formula is C24H35N7O. The second-order valence-corrected chi connectivity index (χ2v) is 10.2. The number of nitrogens with two attached hydrogens (primary N) is 2. The van der Waals surface area contributed by atoms with Crippen molar-refractivity contribution in [3.63, 3.8) is 0 Å². The molecule has 0 aliphatic carbocycles. The average molecular weight is 438 g/mol. The van der Waals surface area contributed by atoms with Crippen LogP contribution in [0.5, 0.6) is 5.75 Å². The Morgan fingerprint density at radius 1 is 1.16 bits per heavy atom. The maximum Gasteiger partial charge on any atom is 0.169 e. The standard InChI is InChI=1S/C24H35N7O/c1-24(26)11-16(8-9-27-15-24)12-31-17-6-7-18(31)14-30(13-17)21-10-20(28-29-23(21)25)19-4-2-3-5-22(19)32/h2-5,10,16-18,27,32H,6-9,11-15,26H2,1H3,(H2,25,29). The number of hydrogen-bond acceptors (Lipinski definition) is 8. The van der Waals surface area contributed by atoms with E-state index in [1.165, 1.54) is 19.3 Å². The van der Waals surface area contributed by atoms with Crippen LogP contribution in [-0.4, -0.2) is 70.6 Å². The van der Waals surface area contributed by atoms with Crippen LogP contribution in [0.4, 0.5) is 11.5 Å². The molecular weight excluding hydrogens is 402 g/mol. The Morgan fingerprint density at radius 3 is 2.66 bits per heavy atom. The summed E-state index contributed by atoms with van der Waals surface area (Å²) in [4.78, 5) is 5.10. The monoisotopic (exact) mass is 437 g/mol. The maximum atomic E-state index is 10.2. The smallest absolute Gasteiger partial charge is 0.169 e. The summed E-state index contributed by atoms with van der Waals surface area (Å²) in [6, 6.07) is 10.2. The third kappa shape index (κ3) is 4.27. The van der Waals surface area contributed by atoms with Gasteiger partial charge >= 0.3 is 0 Å². The minimum atomic E-state index is -0.126. The van der Waals surface area contributed by atoms with Crippen molar-refractivity contribution in [2.24, 2.45) is 11.7 Å². The molecule has 1 aromatic heterocycles. The zero-order valence-corrected chi connectivity index (χ0v) is 18.9. The molecule has 8 heteroatoms. The molecule has 32 heavy (non-hydrogen) atoms. The van der Waals surface area contributed by atoms with Crippen LogP contribution in [0.25, 0.3) is 11.3 Å². The SMILES string of the molecule is CC1(N)CNCCC(CN2C3CCC2CN(c2cc(-c4ccccc4O)nnc2N)C3)C1. The predicted octanol–water partition coefficient (Wildman–Crippen LogP) is 1.80. The Balaban J connectivity index is 1.32. The highest BCUT2D eigenvalue weighted by Crippen LogP contribution is 2.37. The minimum Gasteiger partial charge on any atom is -0.507 e. The van der Waals surface area contributed by atoms with Crippen LogP contribution in [0.1, 0.15) is 32.6 Å². The lowest BCUT2D eigenvalue weighted by atomic mass is 9.88. The van der Waals surface area contributed by atoms with Gasteiger partial charge in [0.25, 0.3) is 0 Å². The molecule has 4 atom stereocenters. The van der Waals surface area contributed by atoms with Gasteiger partial charge in [0.15, 0.2) is 5.82 Å². The first kappa shape index (κ1) is 21.4. The molecule has 8 nitrogen and oxygen atoms in total. The summed E-state index contributed by atoms with van der Waals surface area (Å²) < 4.78 is 0. The number of fused-ring (bicyclic) bond motifs is 2. The van der Waals surface area contributed by atoms with Gasteiger partial charge in [-0.3, -0.25) is 4.90 Å². The molecule has 0 spiro atoms. The average Bonchev–Trinajstić information content (AvgIpc) is 2.92. The van der Waals surface area contributed by atoms with Crippen molar-refractivity contribution in [3.05, 3.63) is 30.3 Å². The lowest BCUT2D eigenvalue weighted by Crippen LogP contribution is -2.55. The van der Waals surface area contributed by atoms with Gasteiger partial charge in [-0.25, -0.2) is 0 Å². The number of anilines is 2. The number of nitrogens with zero attached hydrogens (tertiary/aromatic N) is 4. The van der Waals surface area contributed by atoms with Crippen LogP contribution >= 0.6 is 0 Å². The fraction of sp³-hybridized carbons (Fsp3) is 0.583. The van der Waals surface area contributed by atoms with Crippen LogP contribution in [0.2, 0.25) is 0 Å². The number of phenolic OH excluding ortho intramolecular Hbond substituents is 1. The molecule has 4 heterocycles. The van der Waals surface area contributed by atoms with Crippen molar-refractivity contribution < 1.29 is 5.11 Å². The highest BCUT2D eigenvalue weighted by atomic mass is 16.3. The van der Waals surface area contributed by atoms with Gasteiger partial charge in [0.05, 0.1) is 11.4 Å². The summed E-state index contributed by atoms with van der Waals surface area (Å²) in [7, 11) is 0. The predicted molar refractivity (Wildman–Crippen MR) is 127 cm³/mol. The minimum absolute atomic E-state index is 0.126. The molecule has 1 aromatic carbocycles. The number of nitrogen functional groups attached to an aromatic ring is 1. The Morgan fingerprint density at radius 2 is 1.91 bits per heavy atom. The Labute approximate surface area is 190 Å². The van der Waals surface area contributed by atoms with E-state index < -0.39 is 0 Å². The summed E-state index contributed by atoms with van der Waals surface area (Å²) in [5, 5.41) is 22.2. The van der Waals surface area contributed by atoms with Gasteiger partial charge in [-0.05, 0) is 63.3 Å². The van der Waals surface area contributed by atoms with Crippen molar-refractivity contribution in [1.82, 2.24) is 20.4 Å². The number of aromatic nitrogens is 2. The fourth-order valence-corrected chi connectivity index (χ4v) is 5.92. The van der Waals surface area contributed by atoms with E-state index in [9.17, 15) is 5.11 Å². The Bertz CT molecular complexity index is 951. The summed E-state index contributed by atoms with van der Waals surface area (Å²) in [6.07, 6.45) is 4.70. The van der Waals surface area contributed by atoms with Crippen molar-refractivity contribution in [3.8, 4) is 17.0 Å². The van der Waals surface area contributed by atoms with E-state index in [2.05, 4.69) is 32.2 Å². The quantitative estimate of drug-likeness (QED) is 0.572. The molecule has 3 aliphatic heterocycles. The topological polar surface area (TPSA) is 117 Å². The van der Waals surface area contributed by atoms with Gasteiger partial charge in [-0.2, -0.15) is 0 Å². The molecule has 3 fully saturated rings. The molecule has 6 N–H and O–H groups in total. The van der Waals surface area contributed by atoms with Gasteiger partial charge < -0.3 is 26.8 Å². The molecule has 3 aliphatic rings. The highest BCUT2D eigenvalue weighted by molar-refractivity contribution is 5.74. The number of aromatic hydroxyl groups is 1. The summed E-state index contributed by atoms with van der Waals surface area (Å²) in [6.45, 7) is 7.14. The summed E-state index contributed by atoms with van der Waals surface area (Å²) in [5.41, 5.74) is 14.9. The lowest BCUT2D eigenvalue weighted by Gasteiger charge is -2.44. The van der Waals surface area contributed by atoms with Crippen molar-refractivity contribution in [2.75, 3.05) is 43.4 Å². The van der Waals surface area contributed by atoms with E-state index in [0.29, 0.717) is 35.1 Å².